The van der Waals surface area contributed by atoms with Crippen LogP contribution in [-0.4, -0.2) is 22.0 Å². The third-order valence-corrected chi connectivity index (χ3v) is 4.38. The molecule has 6 heteroatoms. The van der Waals surface area contributed by atoms with Crippen molar-refractivity contribution in [3.63, 3.8) is 0 Å². The van der Waals surface area contributed by atoms with E-state index in [9.17, 15) is 19.5 Å². The number of benzene rings is 2. The van der Waals surface area contributed by atoms with Crippen LogP contribution in [0, 0.1) is 0 Å². The molecule has 0 unspecified atom stereocenters. The van der Waals surface area contributed by atoms with Gasteiger partial charge < -0.3 is 9.90 Å². The Hall–Kier alpha value is -2.86. The largest absolute Gasteiger partial charge is 0.545 e. The second kappa shape index (κ2) is 6.72. The zero-order valence-electron chi connectivity index (χ0n) is 12.5. The van der Waals surface area contributed by atoms with E-state index in [0.29, 0.717) is 10.5 Å². The number of imide groups is 1. The van der Waals surface area contributed by atoms with E-state index in [-0.39, 0.29) is 23.3 Å². The fourth-order valence-corrected chi connectivity index (χ4v) is 3.15. The lowest BCUT2D eigenvalue weighted by Crippen LogP contribution is -2.28. The summed E-state index contributed by atoms with van der Waals surface area (Å²) in [5.74, 6) is -1.68. The minimum absolute atomic E-state index is 0.0132. The van der Waals surface area contributed by atoms with E-state index in [0.717, 1.165) is 22.2 Å². The molecule has 120 valence electrons. The highest BCUT2D eigenvalue weighted by Gasteiger charge is 2.34. The van der Waals surface area contributed by atoms with Gasteiger partial charge in [-0.2, -0.15) is 0 Å². The minimum atomic E-state index is -1.30. The summed E-state index contributed by atoms with van der Waals surface area (Å²) in [5.41, 5.74) is 1.40. The number of hydrogen-bond acceptors (Lipinski definition) is 5. The lowest BCUT2D eigenvalue weighted by Gasteiger charge is -2.13. The van der Waals surface area contributed by atoms with Crippen molar-refractivity contribution in [2.75, 3.05) is 0 Å². The summed E-state index contributed by atoms with van der Waals surface area (Å²) in [4.78, 5) is 36.9. The summed E-state index contributed by atoms with van der Waals surface area (Å²) in [6.45, 7) is 0.0257. The molecular weight excluding hydrogens is 326 g/mol. The number of nitrogens with zero attached hydrogens (tertiary/aromatic N) is 1. The molecule has 1 aliphatic rings. The molecule has 0 N–H and O–H groups in total. The highest BCUT2D eigenvalue weighted by atomic mass is 32.2. The highest BCUT2D eigenvalue weighted by molar-refractivity contribution is 8.18. The first-order chi connectivity index (χ1) is 11.5. The number of rotatable bonds is 4. The van der Waals surface area contributed by atoms with Gasteiger partial charge in [0.25, 0.3) is 11.1 Å². The topological polar surface area (TPSA) is 77.5 Å². The molecule has 0 aliphatic carbocycles. The van der Waals surface area contributed by atoms with Crippen molar-refractivity contribution < 1.29 is 19.5 Å². The van der Waals surface area contributed by atoms with Gasteiger partial charge in [0.1, 0.15) is 0 Å². The van der Waals surface area contributed by atoms with Crippen LogP contribution < -0.4 is 5.11 Å². The molecule has 0 spiro atoms. The maximum absolute atomic E-state index is 12.4. The summed E-state index contributed by atoms with van der Waals surface area (Å²) in [7, 11) is 0. The monoisotopic (exact) mass is 338 g/mol. The SMILES string of the molecule is O=C([O-])c1cccc(CN2C(=O)S/C(=C\c3ccccc3)C2=O)c1. The van der Waals surface area contributed by atoms with Crippen molar-refractivity contribution in [3.8, 4) is 0 Å². The first-order valence-electron chi connectivity index (χ1n) is 7.15. The summed E-state index contributed by atoms with van der Waals surface area (Å²) in [6, 6.07) is 15.3. The molecular formula is C18H12NO4S-. The highest BCUT2D eigenvalue weighted by Crippen LogP contribution is 2.33. The van der Waals surface area contributed by atoms with Gasteiger partial charge in [-0.25, -0.2) is 0 Å². The van der Waals surface area contributed by atoms with Gasteiger partial charge in [-0.1, -0.05) is 48.5 Å². The average molecular weight is 338 g/mol. The molecule has 24 heavy (non-hydrogen) atoms. The number of hydrogen-bond donors (Lipinski definition) is 0. The van der Waals surface area contributed by atoms with Crippen LogP contribution in [0.1, 0.15) is 21.5 Å². The molecule has 1 saturated heterocycles. The Morgan fingerprint density at radius 3 is 2.54 bits per heavy atom. The van der Waals surface area contributed by atoms with Crippen molar-refractivity contribution in [2.24, 2.45) is 0 Å². The van der Waals surface area contributed by atoms with E-state index >= 15 is 0 Å². The average Bonchev–Trinajstić information content (AvgIpc) is 2.83. The quantitative estimate of drug-likeness (QED) is 0.799. The number of amides is 2. The van der Waals surface area contributed by atoms with Crippen LogP contribution in [0.2, 0.25) is 0 Å². The molecule has 3 rings (SSSR count). The Kier molecular flexibility index (Phi) is 4.48. The molecule has 0 bridgehead atoms. The van der Waals surface area contributed by atoms with Gasteiger partial charge in [0.15, 0.2) is 0 Å². The van der Waals surface area contributed by atoms with Crippen molar-refractivity contribution in [1.29, 1.82) is 0 Å². The number of thioether (sulfide) groups is 1. The van der Waals surface area contributed by atoms with Gasteiger partial charge in [-0.05, 0) is 40.6 Å². The van der Waals surface area contributed by atoms with Crippen LogP contribution in [0.4, 0.5) is 4.79 Å². The van der Waals surface area contributed by atoms with Crippen LogP contribution >= 0.6 is 11.8 Å². The van der Waals surface area contributed by atoms with Gasteiger partial charge in [-0.15, -0.1) is 0 Å². The normalized spacial score (nSPS) is 16.0. The Bertz CT molecular complexity index is 845. The third kappa shape index (κ3) is 3.38. The summed E-state index contributed by atoms with van der Waals surface area (Å²) in [5, 5.41) is 10.5. The number of carboxylic acids is 1. The second-order valence-corrected chi connectivity index (χ2v) is 6.16. The standard InChI is InChI=1S/C18H13NO4S/c20-16-15(10-12-5-2-1-3-6-12)24-18(23)19(16)11-13-7-4-8-14(9-13)17(21)22/h1-10H,11H2,(H,21,22)/p-1/b15-10-. The summed E-state index contributed by atoms with van der Waals surface area (Å²) < 4.78 is 0. The predicted molar refractivity (Wildman–Crippen MR) is 88.7 cm³/mol. The fraction of sp³-hybridized carbons (Fsp3) is 0.0556. The number of aromatic carboxylic acids is 1. The van der Waals surface area contributed by atoms with Crippen molar-refractivity contribution >= 4 is 35.0 Å². The van der Waals surface area contributed by atoms with Crippen LogP contribution in [0.3, 0.4) is 0 Å². The Labute approximate surface area is 142 Å². The lowest BCUT2D eigenvalue weighted by atomic mass is 10.1. The van der Waals surface area contributed by atoms with Gasteiger partial charge in [0, 0.05) is 0 Å². The number of carboxylic acid groups (broad SMARTS) is 1. The van der Waals surface area contributed by atoms with Crippen LogP contribution in [0.5, 0.6) is 0 Å². The summed E-state index contributed by atoms with van der Waals surface area (Å²) in [6.07, 6.45) is 1.67. The molecule has 0 radical (unpaired) electrons. The molecule has 2 aromatic rings. The molecule has 0 atom stereocenters. The predicted octanol–water partition coefficient (Wildman–Crippen LogP) is 2.29. The molecule has 0 saturated carbocycles. The van der Waals surface area contributed by atoms with E-state index in [4.69, 9.17) is 0 Å². The first kappa shape index (κ1) is 16.0. The van der Waals surface area contributed by atoms with Crippen molar-refractivity contribution in [2.45, 2.75) is 6.54 Å². The van der Waals surface area contributed by atoms with E-state index in [2.05, 4.69) is 0 Å². The minimum Gasteiger partial charge on any atom is -0.545 e. The Balaban J connectivity index is 1.81. The molecule has 5 nitrogen and oxygen atoms in total. The first-order valence-corrected chi connectivity index (χ1v) is 7.97. The zero-order valence-corrected chi connectivity index (χ0v) is 13.3. The zero-order chi connectivity index (χ0) is 17.1. The number of carbonyl (C=O) groups excluding carboxylic acids is 3. The Morgan fingerprint density at radius 2 is 1.83 bits per heavy atom. The molecule has 1 heterocycles. The van der Waals surface area contributed by atoms with E-state index in [1.54, 1.807) is 18.2 Å². The fourth-order valence-electron chi connectivity index (χ4n) is 2.32. The van der Waals surface area contributed by atoms with Gasteiger partial charge in [0.2, 0.25) is 0 Å². The van der Waals surface area contributed by atoms with Gasteiger partial charge in [-0.3, -0.25) is 14.5 Å². The third-order valence-electron chi connectivity index (χ3n) is 3.47. The molecule has 1 aliphatic heterocycles. The summed E-state index contributed by atoms with van der Waals surface area (Å²) >= 11 is 0.876. The molecule has 2 aromatic carbocycles. The maximum Gasteiger partial charge on any atom is 0.293 e. The van der Waals surface area contributed by atoms with E-state index in [1.807, 2.05) is 30.3 Å². The van der Waals surface area contributed by atoms with E-state index < -0.39 is 5.97 Å². The maximum atomic E-state index is 12.4. The van der Waals surface area contributed by atoms with Crippen molar-refractivity contribution in [1.82, 2.24) is 4.90 Å². The molecule has 2 amide bonds. The smallest absolute Gasteiger partial charge is 0.293 e. The van der Waals surface area contributed by atoms with Gasteiger partial charge in [0.05, 0.1) is 17.4 Å². The van der Waals surface area contributed by atoms with Crippen LogP contribution in [0.15, 0.2) is 59.5 Å². The van der Waals surface area contributed by atoms with Crippen LogP contribution in [0.25, 0.3) is 6.08 Å². The lowest BCUT2D eigenvalue weighted by molar-refractivity contribution is -0.255. The van der Waals surface area contributed by atoms with Crippen molar-refractivity contribution in [3.05, 3.63) is 76.2 Å². The van der Waals surface area contributed by atoms with Gasteiger partial charge >= 0.3 is 0 Å². The molecule has 0 aromatic heterocycles. The van der Waals surface area contributed by atoms with E-state index in [1.165, 1.54) is 12.1 Å². The Morgan fingerprint density at radius 1 is 1.08 bits per heavy atom. The number of carbonyl (C=O) groups is 3. The second-order valence-electron chi connectivity index (χ2n) is 5.17. The van der Waals surface area contributed by atoms with Crippen LogP contribution in [-0.2, 0) is 11.3 Å². The molecule has 1 fully saturated rings.